The topological polar surface area (TPSA) is 55.8 Å². The van der Waals surface area contributed by atoms with E-state index in [0.717, 1.165) is 12.8 Å². The largest absolute Gasteiger partial charge is 0.467 e. The lowest BCUT2D eigenvalue weighted by atomic mass is 10.0. The van der Waals surface area contributed by atoms with Crippen molar-refractivity contribution in [3.8, 4) is 0 Å². The van der Waals surface area contributed by atoms with Crippen LogP contribution in [0.3, 0.4) is 0 Å². The third-order valence-corrected chi connectivity index (χ3v) is 2.60. The zero-order chi connectivity index (χ0) is 13.1. The van der Waals surface area contributed by atoms with E-state index in [1.807, 2.05) is 20.8 Å². The average Bonchev–Trinajstić information content (AvgIpc) is 2.25. The maximum Gasteiger partial charge on any atom is 0.411 e. The van der Waals surface area contributed by atoms with Gasteiger partial charge in [-0.1, -0.05) is 0 Å². The van der Waals surface area contributed by atoms with Gasteiger partial charge in [-0.05, 0) is 40.0 Å². The van der Waals surface area contributed by atoms with Gasteiger partial charge >= 0.3 is 12.1 Å². The number of rotatable bonds is 1. The Morgan fingerprint density at radius 2 is 1.88 bits per heavy atom. The van der Waals surface area contributed by atoms with E-state index in [4.69, 9.17) is 9.47 Å². The van der Waals surface area contributed by atoms with Gasteiger partial charge in [0.1, 0.15) is 11.6 Å². The van der Waals surface area contributed by atoms with Crippen LogP contribution in [0.15, 0.2) is 0 Å². The van der Waals surface area contributed by atoms with E-state index in [2.05, 4.69) is 0 Å². The van der Waals surface area contributed by atoms with E-state index in [9.17, 15) is 9.59 Å². The molecule has 0 spiro atoms. The number of piperidine rings is 1. The summed E-state index contributed by atoms with van der Waals surface area (Å²) in [5, 5.41) is 0. The van der Waals surface area contributed by atoms with E-state index in [1.165, 1.54) is 12.0 Å². The molecule has 1 fully saturated rings. The highest BCUT2D eigenvalue weighted by Gasteiger charge is 2.35. The summed E-state index contributed by atoms with van der Waals surface area (Å²) < 4.78 is 9.99. The Bertz CT molecular complexity index is 295. The number of hydrogen-bond donors (Lipinski definition) is 0. The number of ether oxygens (including phenoxy) is 2. The predicted molar refractivity (Wildman–Crippen MR) is 62.6 cm³/mol. The standard InChI is InChI=1S/C12H21NO4/c1-12(2,3)17-11(15)13-8-6-5-7-9(13)10(14)16-4/h9H,5-8H2,1-4H3/t9-/m0/s1. The minimum Gasteiger partial charge on any atom is -0.467 e. The molecule has 1 aliphatic heterocycles. The van der Waals surface area contributed by atoms with Gasteiger partial charge in [-0.2, -0.15) is 0 Å². The maximum atomic E-state index is 11.9. The van der Waals surface area contributed by atoms with Gasteiger partial charge in [-0.15, -0.1) is 0 Å². The van der Waals surface area contributed by atoms with Gasteiger partial charge in [0.05, 0.1) is 7.11 Å². The average molecular weight is 243 g/mol. The number of nitrogens with zero attached hydrogens (tertiary/aromatic N) is 1. The summed E-state index contributed by atoms with van der Waals surface area (Å²) in [6.07, 6.45) is 2.03. The van der Waals surface area contributed by atoms with Crippen molar-refractivity contribution < 1.29 is 19.1 Å². The van der Waals surface area contributed by atoms with E-state index in [-0.39, 0.29) is 5.97 Å². The zero-order valence-electron chi connectivity index (χ0n) is 11.0. The molecule has 1 rings (SSSR count). The van der Waals surface area contributed by atoms with Crippen molar-refractivity contribution in [3.05, 3.63) is 0 Å². The fourth-order valence-electron chi connectivity index (χ4n) is 1.85. The van der Waals surface area contributed by atoms with Crippen molar-refractivity contribution in [2.24, 2.45) is 0 Å². The molecule has 0 aliphatic carbocycles. The smallest absolute Gasteiger partial charge is 0.411 e. The number of amides is 1. The highest BCUT2D eigenvalue weighted by atomic mass is 16.6. The van der Waals surface area contributed by atoms with Gasteiger partial charge in [-0.3, -0.25) is 4.90 Å². The van der Waals surface area contributed by atoms with Crippen LogP contribution in [0.1, 0.15) is 40.0 Å². The number of carbonyl (C=O) groups is 2. The fraction of sp³-hybridized carbons (Fsp3) is 0.833. The maximum absolute atomic E-state index is 11.9. The first-order chi connectivity index (χ1) is 7.85. The fourth-order valence-corrected chi connectivity index (χ4v) is 1.85. The monoisotopic (exact) mass is 243 g/mol. The van der Waals surface area contributed by atoms with Gasteiger partial charge in [0.15, 0.2) is 0 Å². The van der Waals surface area contributed by atoms with Gasteiger partial charge in [0.2, 0.25) is 0 Å². The second-order valence-electron chi connectivity index (χ2n) is 5.21. The molecule has 1 aliphatic rings. The molecule has 0 unspecified atom stereocenters. The van der Waals surface area contributed by atoms with Crippen LogP contribution in [-0.2, 0) is 14.3 Å². The number of hydrogen-bond acceptors (Lipinski definition) is 4. The second kappa shape index (κ2) is 5.38. The zero-order valence-corrected chi connectivity index (χ0v) is 11.0. The lowest BCUT2D eigenvalue weighted by molar-refractivity contribution is -0.148. The summed E-state index contributed by atoms with van der Waals surface area (Å²) in [6, 6.07) is -0.497. The minimum absolute atomic E-state index is 0.365. The second-order valence-corrected chi connectivity index (χ2v) is 5.21. The van der Waals surface area contributed by atoms with Crippen molar-refractivity contribution >= 4 is 12.1 Å². The molecule has 98 valence electrons. The lowest BCUT2D eigenvalue weighted by Gasteiger charge is -2.34. The SMILES string of the molecule is COC(=O)[C@@H]1CCCCN1C(=O)OC(C)(C)C. The van der Waals surface area contributed by atoms with E-state index >= 15 is 0 Å². The van der Waals surface area contributed by atoms with Crippen LogP contribution in [-0.4, -0.2) is 42.3 Å². The molecular formula is C12H21NO4. The van der Waals surface area contributed by atoms with Gasteiger partial charge in [-0.25, -0.2) is 9.59 Å². The van der Waals surface area contributed by atoms with E-state index in [0.29, 0.717) is 13.0 Å². The van der Waals surface area contributed by atoms with Gasteiger partial charge in [0, 0.05) is 6.54 Å². The number of carbonyl (C=O) groups excluding carboxylic acids is 2. The molecule has 1 atom stereocenters. The van der Waals surface area contributed by atoms with Crippen LogP contribution in [0.2, 0.25) is 0 Å². The summed E-state index contributed by atoms with van der Waals surface area (Å²) in [5.41, 5.74) is -0.546. The molecule has 5 nitrogen and oxygen atoms in total. The van der Waals surface area contributed by atoms with Crippen LogP contribution in [0.4, 0.5) is 4.79 Å². The van der Waals surface area contributed by atoms with Crippen LogP contribution in [0.5, 0.6) is 0 Å². The Morgan fingerprint density at radius 1 is 1.24 bits per heavy atom. The summed E-state index contributed by atoms with van der Waals surface area (Å²) >= 11 is 0. The van der Waals surface area contributed by atoms with Crippen molar-refractivity contribution in [1.29, 1.82) is 0 Å². The van der Waals surface area contributed by atoms with E-state index < -0.39 is 17.7 Å². The number of methoxy groups -OCH3 is 1. The molecule has 0 bridgehead atoms. The predicted octanol–water partition coefficient (Wildman–Crippen LogP) is 1.95. The van der Waals surface area contributed by atoms with Crippen LogP contribution < -0.4 is 0 Å². The Morgan fingerprint density at radius 3 is 2.41 bits per heavy atom. The molecule has 0 aromatic carbocycles. The molecule has 1 saturated heterocycles. The molecule has 17 heavy (non-hydrogen) atoms. The molecule has 0 radical (unpaired) electrons. The minimum atomic E-state index is -0.546. The van der Waals surface area contributed by atoms with Crippen LogP contribution in [0, 0.1) is 0 Å². The quantitative estimate of drug-likeness (QED) is 0.660. The molecule has 1 amide bonds. The first-order valence-corrected chi connectivity index (χ1v) is 5.92. The van der Waals surface area contributed by atoms with Crippen molar-refractivity contribution in [1.82, 2.24) is 4.90 Å². The van der Waals surface area contributed by atoms with Crippen molar-refractivity contribution in [2.45, 2.75) is 51.7 Å². The third kappa shape index (κ3) is 3.91. The summed E-state index contributed by atoms with van der Waals surface area (Å²) in [6.45, 7) is 5.97. The molecular weight excluding hydrogens is 222 g/mol. The molecule has 0 N–H and O–H groups in total. The van der Waals surface area contributed by atoms with E-state index in [1.54, 1.807) is 0 Å². The Labute approximate surface area is 102 Å². The summed E-state index contributed by atoms with van der Waals surface area (Å²) in [7, 11) is 1.34. The Balaban J connectivity index is 2.71. The summed E-state index contributed by atoms with van der Waals surface area (Å²) in [4.78, 5) is 25.0. The summed E-state index contributed by atoms with van der Waals surface area (Å²) in [5.74, 6) is -0.365. The van der Waals surface area contributed by atoms with Crippen molar-refractivity contribution in [2.75, 3.05) is 13.7 Å². The molecule has 5 heteroatoms. The third-order valence-electron chi connectivity index (χ3n) is 2.60. The highest BCUT2D eigenvalue weighted by Crippen LogP contribution is 2.21. The first kappa shape index (κ1) is 13.8. The number of esters is 1. The molecule has 0 aromatic rings. The van der Waals surface area contributed by atoms with Gasteiger partial charge in [0.25, 0.3) is 0 Å². The van der Waals surface area contributed by atoms with Crippen LogP contribution in [0.25, 0.3) is 0 Å². The number of likely N-dealkylation sites (tertiary alicyclic amines) is 1. The van der Waals surface area contributed by atoms with Gasteiger partial charge < -0.3 is 9.47 Å². The lowest BCUT2D eigenvalue weighted by Crippen LogP contribution is -2.50. The Kier molecular flexibility index (Phi) is 4.37. The Hall–Kier alpha value is -1.26. The molecule has 0 aromatic heterocycles. The highest BCUT2D eigenvalue weighted by molar-refractivity contribution is 5.81. The molecule has 1 heterocycles. The first-order valence-electron chi connectivity index (χ1n) is 5.92. The molecule has 0 saturated carbocycles. The van der Waals surface area contributed by atoms with Crippen LogP contribution >= 0.6 is 0 Å². The van der Waals surface area contributed by atoms with Crippen molar-refractivity contribution in [3.63, 3.8) is 0 Å². The normalized spacial score (nSPS) is 20.9.